The van der Waals surface area contributed by atoms with E-state index in [0.717, 1.165) is 6.26 Å². The molecular formula is C14H18FNO5S. The summed E-state index contributed by atoms with van der Waals surface area (Å²) in [5.74, 6) is -1.05. The molecule has 0 aliphatic carbocycles. The Morgan fingerprint density at radius 2 is 1.82 bits per heavy atom. The fourth-order valence-electron chi connectivity index (χ4n) is 1.83. The predicted octanol–water partition coefficient (Wildman–Crippen LogP) is 0.557. The lowest BCUT2D eigenvalue weighted by atomic mass is 10.0. The molecule has 0 saturated carbocycles. The molecule has 0 saturated heterocycles. The van der Waals surface area contributed by atoms with Crippen LogP contribution in [0, 0.1) is 0 Å². The number of alkyl halides is 1. The van der Waals surface area contributed by atoms with E-state index in [1.165, 1.54) is 31.2 Å². The molecule has 0 aliphatic heterocycles. The van der Waals surface area contributed by atoms with Crippen molar-refractivity contribution in [2.75, 3.05) is 12.9 Å². The third-order valence-electron chi connectivity index (χ3n) is 2.95. The van der Waals surface area contributed by atoms with Gasteiger partial charge in [-0.05, 0) is 24.6 Å². The Labute approximate surface area is 128 Å². The first-order chi connectivity index (χ1) is 10.1. The number of nitrogens with one attached hydrogen (secondary N) is 1. The summed E-state index contributed by atoms with van der Waals surface area (Å²) in [7, 11) is -3.37. The zero-order valence-corrected chi connectivity index (χ0v) is 13.1. The van der Waals surface area contributed by atoms with E-state index in [0.29, 0.717) is 0 Å². The van der Waals surface area contributed by atoms with Gasteiger partial charge in [-0.15, -0.1) is 0 Å². The predicted molar refractivity (Wildman–Crippen MR) is 77.7 cm³/mol. The van der Waals surface area contributed by atoms with Crippen molar-refractivity contribution in [3.63, 3.8) is 0 Å². The van der Waals surface area contributed by atoms with Crippen LogP contribution in [0.15, 0.2) is 29.2 Å². The Kier molecular flexibility index (Phi) is 6.19. The van der Waals surface area contributed by atoms with Crippen molar-refractivity contribution in [2.24, 2.45) is 0 Å². The van der Waals surface area contributed by atoms with E-state index in [-0.39, 0.29) is 16.2 Å². The third-order valence-corrected chi connectivity index (χ3v) is 4.08. The molecule has 0 radical (unpaired) electrons. The number of halogens is 1. The van der Waals surface area contributed by atoms with Crippen LogP contribution in [-0.4, -0.2) is 44.2 Å². The average molecular weight is 331 g/mol. The summed E-state index contributed by atoms with van der Waals surface area (Å²) in [5, 5.41) is 12.3. The lowest BCUT2D eigenvalue weighted by molar-refractivity contribution is -0.128. The van der Waals surface area contributed by atoms with E-state index >= 15 is 0 Å². The second-order valence-corrected chi connectivity index (χ2v) is 7.01. The quantitative estimate of drug-likeness (QED) is 0.711. The first-order valence-corrected chi connectivity index (χ1v) is 8.37. The summed E-state index contributed by atoms with van der Waals surface area (Å²) in [6.45, 7) is 0.197. The van der Waals surface area contributed by atoms with Crippen molar-refractivity contribution in [3.05, 3.63) is 29.8 Å². The highest BCUT2D eigenvalue weighted by molar-refractivity contribution is 7.90. The minimum absolute atomic E-state index is 0.0702. The molecule has 22 heavy (non-hydrogen) atoms. The molecule has 1 aromatic rings. The summed E-state index contributed by atoms with van der Waals surface area (Å²) in [5.41, 5.74) is 0.262. The number of sulfone groups is 1. The second-order valence-electron chi connectivity index (χ2n) is 4.99. The molecule has 0 fully saturated rings. The maximum absolute atomic E-state index is 13.0. The molecule has 0 aliphatic rings. The van der Waals surface area contributed by atoms with Crippen molar-refractivity contribution in [2.45, 2.75) is 30.4 Å². The molecule has 0 bridgehead atoms. The molecule has 2 atom stereocenters. The molecule has 1 aromatic carbocycles. The summed E-state index contributed by atoms with van der Waals surface area (Å²) >= 11 is 0. The molecule has 1 rings (SSSR count). The van der Waals surface area contributed by atoms with Crippen LogP contribution in [-0.2, 0) is 19.4 Å². The zero-order valence-electron chi connectivity index (χ0n) is 12.2. The summed E-state index contributed by atoms with van der Waals surface area (Å²) < 4.78 is 35.7. The molecule has 2 N–H and O–H groups in total. The van der Waals surface area contributed by atoms with Gasteiger partial charge in [0.15, 0.2) is 9.84 Å². The van der Waals surface area contributed by atoms with Gasteiger partial charge < -0.3 is 10.4 Å². The molecule has 0 unspecified atom stereocenters. The smallest absolute Gasteiger partial charge is 0.227 e. The van der Waals surface area contributed by atoms with E-state index in [2.05, 4.69) is 5.32 Å². The van der Waals surface area contributed by atoms with Crippen LogP contribution in [0.1, 0.15) is 25.0 Å². The molecule has 0 aromatic heterocycles. The summed E-state index contributed by atoms with van der Waals surface area (Å²) in [6, 6.07) is 4.07. The van der Waals surface area contributed by atoms with E-state index in [4.69, 9.17) is 0 Å². The molecular weight excluding hydrogens is 313 g/mol. The Bertz CT molecular complexity index is 642. The highest BCUT2D eigenvalue weighted by Gasteiger charge is 2.23. The lowest BCUT2D eigenvalue weighted by Gasteiger charge is -2.21. The van der Waals surface area contributed by atoms with Crippen LogP contribution >= 0.6 is 0 Å². The number of Topliss-reactive ketones (excluding diaryl/α,β-unsaturated/α-hetero) is 1. The van der Waals surface area contributed by atoms with Gasteiger partial charge in [-0.1, -0.05) is 12.1 Å². The standard InChI is InChI=1S/C14H18FNO5S/c1-9(17)7-13(18)16-12(8-15)14(19)10-3-5-11(6-4-10)22(2,20)21/h3-6,12,14,19H,7-8H2,1-2H3,(H,16,18)/t12-,14+/m1/s1. The van der Waals surface area contributed by atoms with Crippen LogP contribution < -0.4 is 5.32 Å². The normalized spacial score (nSPS) is 14.2. The van der Waals surface area contributed by atoms with Gasteiger partial charge in [-0.2, -0.15) is 0 Å². The van der Waals surface area contributed by atoms with Crippen LogP contribution in [0.3, 0.4) is 0 Å². The number of rotatable bonds is 7. The number of carbonyl (C=O) groups excluding carboxylic acids is 2. The molecule has 1 amide bonds. The van der Waals surface area contributed by atoms with E-state index < -0.39 is 41.0 Å². The van der Waals surface area contributed by atoms with E-state index in [9.17, 15) is 27.5 Å². The number of amides is 1. The maximum Gasteiger partial charge on any atom is 0.227 e. The first kappa shape index (κ1) is 18.2. The van der Waals surface area contributed by atoms with Gasteiger partial charge in [0.05, 0.1) is 17.4 Å². The second kappa shape index (κ2) is 7.46. The fraction of sp³-hybridized carbons (Fsp3) is 0.429. The van der Waals surface area contributed by atoms with E-state index in [1.54, 1.807) is 0 Å². The highest BCUT2D eigenvalue weighted by atomic mass is 32.2. The third kappa shape index (κ3) is 5.19. The van der Waals surface area contributed by atoms with Crippen molar-refractivity contribution in [1.29, 1.82) is 0 Å². The minimum atomic E-state index is -3.37. The number of carbonyl (C=O) groups is 2. The molecule has 6 nitrogen and oxygen atoms in total. The van der Waals surface area contributed by atoms with Gasteiger partial charge in [0.2, 0.25) is 5.91 Å². The number of ketones is 1. The number of hydrogen-bond donors (Lipinski definition) is 2. The van der Waals surface area contributed by atoms with Crippen LogP contribution in [0.25, 0.3) is 0 Å². The maximum atomic E-state index is 13.0. The Hall–Kier alpha value is -1.80. The van der Waals surface area contributed by atoms with E-state index in [1.807, 2.05) is 0 Å². The minimum Gasteiger partial charge on any atom is -0.386 e. The fourth-order valence-corrected chi connectivity index (χ4v) is 2.46. The summed E-state index contributed by atoms with van der Waals surface area (Å²) in [4.78, 5) is 22.3. The lowest BCUT2D eigenvalue weighted by Crippen LogP contribution is -2.41. The highest BCUT2D eigenvalue weighted by Crippen LogP contribution is 2.20. The summed E-state index contributed by atoms with van der Waals surface area (Å²) in [6.07, 6.45) is -0.699. The van der Waals surface area contributed by atoms with Gasteiger partial charge in [-0.3, -0.25) is 9.59 Å². The number of aliphatic hydroxyl groups is 1. The van der Waals surface area contributed by atoms with Gasteiger partial charge >= 0.3 is 0 Å². The monoisotopic (exact) mass is 331 g/mol. The van der Waals surface area contributed by atoms with Gasteiger partial charge in [0.1, 0.15) is 18.6 Å². The molecule has 8 heteroatoms. The van der Waals surface area contributed by atoms with Gasteiger partial charge in [0, 0.05) is 6.26 Å². The SMILES string of the molecule is CC(=O)CC(=O)N[C@H](CF)[C@@H](O)c1ccc(S(C)(=O)=O)cc1. The number of benzene rings is 1. The van der Waals surface area contributed by atoms with Gasteiger partial charge in [0.25, 0.3) is 0 Å². The van der Waals surface area contributed by atoms with Crippen LogP contribution in [0.5, 0.6) is 0 Å². The van der Waals surface area contributed by atoms with Crippen molar-refractivity contribution < 1.29 is 27.5 Å². The Balaban J connectivity index is 2.85. The topological polar surface area (TPSA) is 101 Å². The first-order valence-electron chi connectivity index (χ1n) is 6.48. The Morgan fingerprint density at radius 3 is 2.23 bits per heavy atom. The largest absolute Gasteiger partial charge is 0.386 e. The Morgan fingerprint density at radius 1 is 1.27 bits per heavy atom. The molecule has 0 spiro atoms. The van der Waals surface area contributed by atoms with Crippen molar-refractivity contribution >= 4 is 21.5 Å². The number of hydrogen-bond acceptors (Lipinski definition) is 5. The van der Waals surface area contributed by atoms with Crippen molar-refractivity contribution in [3.8, 4) is 0 Å². The average Bonchev–Trinajstić information content (AvgIpc) is 2.42. The van der Waals surface area contributed by atoms with Gasteiger partial charge in [-0.25, -0.2) is 12.8 Å². The van der Waals surface area contributed by atoms with Crippen molar-refractivity contribution in [1.82, 2.24) is 5.32 Å². The van der Waals surface area contributed by atoms with Crippen LogP contribution in [0.4, 0.5) is 4.39 Å². The van der Waals surface area contributed by atoms with Crippen LogP contribution in [0.2, 0.25) is 0 Å². The number of aliphatic hydroxyl groups excluding tert-OH is 1. The molecule has 122 valence electrons. The zero-order chi connectivity index (χ0) is 16.9. The molecule has 0 heterocycles.